The van der Waals surface area contributed by atoms with Gasteiger partial charge in [-0.15, -0.1) is 0 Å². The predicted octanol–water partition coefficient (Wildman–Crippen LogP) is 8.35. The van der Waals surface area contributed by atoms with E-state index in [4.69, 9.17) is 5.73 Å². The standard InChI is InChI=1S/C35H56N2/c1-34(2,3)31-21-17-27(18-22-31)9-7-11-33(37-26-30-15-13-29(25-36)14-16-30)12-8-10-28-19-23-32(24-20-28)35(4,5)6/h17-24,29-30,33,37H,7-16,25-26,36H2,1-6H3. The SMILES string of the molecule is CC(C)(C)c1ccc(CCCC(CCCc2ccc(C(C)(C)C)cc2)NCC2CCC(CN)CC2)cc1. The molecule has 2 aromatic rings. The van der Waals surface area contributed by atoms with E-state index in [9.17, 15) is 0 Å². The fourth-order valence-corrected chi connectivity index (χ4v) is 5.80. The van der Waals surface area contributed by atoms with Gasteiger partial charge >= 0.3 is 0 Å². The van der Waals surface area contributed by atoms with E-state index in [1.807, 2.05) is 0 Å². The fourth-order valence-electron chi connectivity index (χ4n) is 5.80. The number of hydrogen-bond donors (Lipinski definition) is 2. The molecule has 1 fully saturated rings. The number of benzene rings is 2. The molecule has 1 aliphatic rings. The van der Waals surface area contributed by atoms with Crippen molar-refractivity contribution in [2.45, 2.75) is 123 Å². The quantitative estimate of drug-likeness (QED) is 0.305. The number of aryl methyl sites for hydroxylation is 2. The first-order chi connectivity index (χ1) is 17.5. The number of nitrogens with two attached hydrogens (primary N) is 1. The van der Waals surface area contributed by atoms with Crippen LogP contribution in [-0.4, -0.2) is 19.1 Å². The first-order valence-electron chi connectivity index (χ1n) is 15.2. The van der Waals surface area contributed by atoms with Gasteiger partial charge in [-0.25, -0.2) is 0 Å². The highest BCUT2D eigenvalue weighted by atomic mass is 14.9. The Morgan fingerprint density at radius 3 is 1.46 bits per heavy atom. The third-order valence-electron chi connectivity index (χ3n) is 8.67. The molecule has 3 N–H and O–H groups in total. The molecule has 2 nitrogen and oxygen atoms in total. The predicted molar refractivity (Wildman–Crippen MR) is 162 cm³/mol. The summed E-state index contributed by atoms with van der Waals surface area (Å²) in [6, 6.07) is 19.3. The summed E-state index contributed by atoms with van der Waals surface area (Å²) < 4.78 is 0. The lowest BCUT2D eigenvalue weighted by atomic mass is 9.82. The van der Waals surface area contributed by atoms with Crippen molar-refractivity contribution in [1.82, 2.24) is 5.32 Å². The van der Waals surface area contributed by atoms with E-state index in [0.29, 0.717) is 6.04 Å². The zero-order chi connectivity index (χ0) is 26.9. The maximum atomic E-state index is 5.92. The van der Waals surface area contributed by atoms with Gasteiger partial charge in [0, 0.05) is 6.04 Å². The van der Waals surface area contributed by atoms with E-state index in [1.165, 1.54) is 93.0 Å². The molecular weight excluding hydrogens is 448 g/mol. The molecule has 1 aliphatic carbocycles. The molecule has 2 aromatic carbocycles. The molecule has 0 spiro atoms. The first-order valence-corrected chi connectivity index (χ1v) is 15.2. The molecule has 0 bridgehead atoms. The lowest BCUT2D eigenvalue weighted by Gasteiger charge is -2.29. The minimum Gasteiger partial charge on any atom is -0.330 e. The van der Waals surface area contributed by atoms with E-state index in [0.717, 1.165) is 18.4 Å². The zero-order valence-corrected chi connectivity index (χ0v) is 24.9. The van der Waals surface area contributed by atoms with Crippen LogP contribution in [-0.2, 0) is 23.7 Å². The minimum atomic E-state index is 0.226. The average Bonchev–Trinajstić information content (AvgIpc) is 2.87. The Bertz CT molecular complexity index is 827. The summed E-state index contributed by atoms with van der Waals surface area (Å²) in [4.78, 5) is 0. The van der Waals surface area contributed by atoms with Gasteiger partial charge in [-0.3, -0.25) is 0 Å². The summed E-state index contributed by atoms with van der Waals surface area (Å²) in [7, 11) is 0. The Labute approximate surface area is 229 Å². The van der Waals surface area contributed by atoms with Crippen molar-refractivity contribution in [3.8, 4) is 0 Å². The van der Waals surface area contributed by atoms with Crippen LogP contribution in [0.5, 0.6) is 0 Å². The molecule has 0 heterocycles. The summed E-state index contributed by atoms with van der Waals surface area (Å²) in [5.74, 6) is 1.60. The van der Waals surface area contributed by atoms with Crippen molar-refractivity contribution < 1.29 is 0 Å². The third kappa shape index (κ3) is 10.2. The van der Waals surface area contributed by atoms with Gasteiger partial charge in [-0.05, 0) is 122 Å². The van der Waals surface area contributed by atoms with Gasteiger partial charge in [0.2, 0.25) is 0 Å². The second kappa shape index (κ2) is 13.9. The van der Waals surface area contributed by atoms with E-state index in [2.05, 4.69) is 95.4 Å². The van der Waals surface area contributed by atoms with Crippen LogP contribution in [0.2, 0.25) is 0 Å². The van der Waals surface area contributed by atoms with Crippen LogP contribution in [0, 0.1) is 11.8 Å². The highest BCUT2D eigenvalue weighted by Gasteiger charge is 2.21. The molecule has 2 heteroatoms. The lowest BCUT2D eigenvalue weighted by molar-refractivity contribution is 0.260. The van der Waals surface area contributed by atoms with Crippen LogP contribution in [0.4, 0.5) is 0 Å². The summed E-state index contributed by atoms with van der Waals surface area (Å²) >= 11 is 0. The Kier molecular flexibility index (Phi) is 11.3. The number of nitrogens with one attached hydrogen (secondary N) is 1. The van der Waals surface area contributed by atoms with Gasteiger partial charge in [-0.2, -0.15) is 0 Å². The van der Waals surface area contributed by atoms with Gasteiger partial charge in [0.05, 0.1) is 0 Å². The van der Waals surface area contributed by atoms with Gasteiger partial charge in [-0.1, -0.05) is 90.1 Å². The molecule has 0 aliphatic heterocycles. The van der Waals surface area contributed by atoms with Crippen LogP contribution in [0.1, 0.15) is 115 Å². The van der Waals surface area contributed by atoms with Crippen LogP contribution in [0.3, 0.4) is 0 Å². The van der Waals surface area contributed by atoms with Gasteiger partial charge in [0.25, 0.3) is 0 Å². The van der Waals surface area contributed by atoms with Gasteiger partial charge in [0.15, 0.2) is 0 Å². The molecule has 0 saturated heterocycles. The van der Waals surface area contributed by atoms with Crippen molar-refractivity contribution in [3.05, 3.63) is 70.8 Å². The minimum absolute atomic E-state index is 0.226. The Morgan fingerprint density at radius 2 is 1.08 bits per heavy atom. The molecule has 0 radical (unpaired) electrons. The molecular formula is C35H56N2. The van der Waals surface area contributed by atoms with E-state index in [1.54, 1.807) is 0 Å². The molecule has 1 saturated carbocycles. The molecule has 0 unspecified atom stereocenters. The number of rotatable bonds is 12. The van der Waals surface area contributed by atoms with E-state index in [-0.39, 0.29) is 10.8 Å². The maximum absolute atomic E-state index is 5.92. The van der Waals surface area contributed by atoms with Crippen molar-refractivity contribution in [2.24, 2.45) is 17.6 Å². The van der Waals surface area contributed by atoms with Crippen LogP contribution < -0.4 is 11.1 Å². The second-order valence-corrected chi connectivity index (χ2v) is 13.9. The lowest BCUT2D eigenvalue weighted by Crippen LogP contribution is -2.35. The molecule has 0 atom stereocenters. The Hall–Kier alpha value is -1.64. The summed E-state index contributed by atoms with van der Waals surface area (Å²) in [6.07, 6.45) is 12.7. The normalized spacial score (nSPS) is 18.9. The molecule has 206 valence electrons. The monoisotopic (exact) mass is 504 g/mol. The Morgan fingerprint density at radius 1 is 0.676 bits per heavy atom. The largest absolute Gasteiger partial charge is 0.330 e. The second-order valence-electron chi connectivity index (χ2n) is 13.9. The van der Waals surface area contributed by atoms with Crippen molar-refractivity contribution in [3.63, 3.8) is 0 Å². The average molecular weight is 505 g/mol. The topological polar surface area (TPSA) is 38.0 Å². The summed E-state index contributed by atoms with van der Waals surface area (Å²) in [5.41, 5.74) is 12.2. The maximum Gasteiger partial charge on any atom is 0.00674 e. The fraction of sp³-hybridized carbons (Fsp3) is 0.657. The van der Waals surface area contributed by atoms with Gasteiger partial charge < -0.3 is 11.1 Å². The van der Waals surface area contributed by atoms with E-state index < -0.39 is 0 Å². The summed E-state index contributed by atoms with van der Waals surface area (Å²) in [6.45, 7) is 15.8. The zero-order valence-electron chi connectivity index (χ0n) is 24.9. The smallest absolute Gasteiger partial charge is 0.00674 e. The Balaban J connectivity index is 1.50. The highest BCUT2D eigenvalue weighted by Crippen LogP contribution is 2.28. The number of hydrogen-bond acceptors (Lipinski definition) is 2. The van der Waals surface area contributed by atoms with Gasteiger partial charge in [0.1, 0.15) is 0 Å². The molecule has 37 heavy (non-hydrogen) atoms. The molecule has 0 aromatic heterocycles. The molecule has 0 amide bonds. The van der Waals surface area contributed by atoms with Crippen LogP contribution in [0.15, 0.2) is 48.5 Å². The third-order valence-corrected chi connectivity index (χ3v) is 8.67. The van der Waals surface area contributed by atoms with Crippen molar-refractivity contribution >= 4 is 0 Å². The highest BCUT2D eigenvalue weighted by molar-refractivity contribution is 5.28. The molecule has 3 rings (SSSR count). The van der Waals surface area contributed by atoms with Crippen LogP contribution in [0.25, 0.3) is 0 Å². The summed E-state index contributed by atoms with van der Waals surface area (Å²) in [5, 5.41) is 4.02. The van der Waals surface area contributed by atoms with Crippen molar-refractivity contribution in [1.29, 1.82) is 0 Å². The van der Waals surface area contributed by atoms with Crippen molar-refractivity contribution in [2.75, 3.05) is 13.1 Å². The first kappa shape index (κ1) is 29.9. The van der Waals surface area contributed by atoms with E-state index >= 15 is 0 Å². The van der Waals surface area contributed by atoms with Crippen LogP contribution >= 0.6 is 0 Å².